The number of nitrogens with zero attached hydrogens (tertiary/aromatic N) is 5. The number of ketones is 1. The molecular weight excluding hydrogens is 599 g/mol. The van der Waals surface area contributed by atoms with Crippen LogP contribution in [0, 0.1) is 17.8 Å². The fraction of sp³-hybridized carbons (Fsp3) is 0.676. The molecule has 12 nitrogen and oxygen atoms in total. The molecule has 4 heterocycles. The number of carbonyl (C=O) groups excluding carboxylic acids is 2. The van der Waals surface area contributed by atoms with Crippen LogP contribution in [-0.2, 0) is 25.5 Å². The smallest absolute Gasteiger partial charge is 0.411 e. The van der Waals surface area contributed by atoms with Crippen LogP contribution in [0.1, 0.15) is 61.3 Å². The Kier molecular flexibility index (Phi) is 12.0. The molecule has 1 amide bonds. The first-order valence-electron chi connectivity index (χ1n) is 16.6. The molecule has 2 aliphatic rings. The number of hydrogen-bond donors (Lipinski definition) is 2. The summed E-state index contributed by atoms with van der Waals surface area (Å²) in [4.78, 5) is 33.1. The molecule has 2 aromatic rings. The van der Waals surface area contributed by atoms with Crippen LogP contribution in [0.4, 0.5) is 4.79 Å². The third-order valence-electron chi connectivity index (χ3n) is 10.1. The van der Waals surface area contributed by atoms with Crippen LogP contribution in [0.5, 0.6) is 0 Å². The Labute approximate surface area is 280 Å². The number of pyridine rings is 1. The summed E-state index contributed by atoms with van der Waals surface area (Å²) >= 11 is 0. The number of aromatic nitrogens is 4. The molecule has 0 spiro atoms. The number of ether oxygens (including phenoxy) is 3. The molecule has 2 N–H and O–H groups in total. The van der Waals surface area contributed by atoms with Gasteiger partial charge in [-0.3, -0.25) is 14.7 Å². The molecule has 256 valence electrons. The van der Waals surface area contributed by atoms with E-state index in [-0.39, 0.29) is 24.3 Å². The Balaban J connectivity index is 1.58. The van der Waals surface area contributed by atoms with Crippen molar-refractivity contribution in [3.05, 3.63) is 42.7 Å². The van der Waals surface area contributed by atoms with Crippen molar-refractivity contribution in [2.75, 3.05) is 20.2 Å². The number of hydrogen-bond acceptors (Lipinski definition) is 10. The summed E-state index contributed by atoms with van der Waals surface area (Å²) in [5.74, 6) is -2.14. The van der Waals surface area contributed by atoms with Crippen LogP contribution in [0.25, 0.3) is 11.4 Å². The molecule has 2 fully saturated rings. The number of amides is 1. The van der Waals surface area contributed by atoms with E-state index < -0.39 is 53.4 Å². The lowest BCUT2D eigenvalue weighted by Gasteiger charge is -2.41. The van der Waals surface area contributed by atoms with E-state index in [1.807, 2.05) is 64.2 Å². The number of aliphatic hydroxyl groups is 1. The summed E-state index contributed by atoms with van der Waals surface area (Å²) in [6.07, 6.45) is 5.80. The first-order chi connectivity index (χ1) is 22.3. The predicted molar refractivity (Wildman–Crippen MR) is 178 cm³/mol. The number of fused-ring (bicyclic) bond motifs is 1. The summed E-state index contributed by atoms with van der Waals surface area (Å²) in [7, 11) is 8.28. The van der Waals surface area contributed by atoms with Crippen molar-refractivity contribution in [3.63, 3.8) is 0 Å². The van der Waals surface area contributed by atoms with Gasteiger partial charge in [0.25, 0.3) is 0 Å². The van der Waals surface area contributed by atoms with Crippen LogP contribution in [-0.4, -0.2) is 106 Å². The van der Waals surface area contributed by atoms with Gasteiger partial charge in [-0.2, -0.15) is 0 Å². The van der Waals surface area contributed by atoms with E-state index in [0.29, 0.717) is 31.6 Å². The highest BCUT2D eigenvalue weighted by Gasteiger charge is 2.57. The number of allylic oxidation sites excluding steroid dienone is 1. The average Bonchev–Trinajstić information content (AvgIpc) is 3.64. The highest BCUT2D eigenvalue weighted by Crippen LogP contribution is 2.41. The second-order valence-corrected chi connectivity index (χ2v) is 13.6. The predicted octanol–water partition coefficient (Wildman–Crippen LogP) is 3.81. The van der Waals surface area contributed by atoms with Crippen molar-refractivity contribution in [2.24, 2.45) is 17.8 Å². The van der Waals surface area contributed by atoms with Gasteiger partial charge in [0.2, 0.25) is 0 Å². The fourth-order valence-electron chi connectivity index (χ4n) is 7.13. The van der Waals surface area contributed by atoms with E-state index in [2.05, 4.69) is 27.5 Å². The summed E-state index contributed by atoms with van der Waals surface area (Å²) in [6, 6.07) is 4.94. The van der Waals surface area contributed by atoms with Crippen LogP contribution in [0.2, 0.25) is 5.82 Å². The molecule has 2 aromatic heterocycles. The first kappa shape index (κ1) is 36.7. The van der Waals surface area contributed by atoms with Gasteiger partial charge in [0.1, 0.15) is 17.6 Å². The number of methoxy groups -OCH3 is 1. The van der Waals surface area contributed by atoms with Gasteiger partial charge < -0.3 is 24.6 Å². The van der Waals surface area contributed by atoms with Crippen LogP contribution < -0.4 is 5.32 Å². The largest absolute Gasteiger partial charge is 0.438 e. The SMILES string of the molecule is [B][C@@H]1[C@@H](C)C(=O)[C@@H](C)C(O)O[C@H](CC)[C@@]2(C)OC(=O)N(C/C=C/Cn3cc(-c4ccccn4)nn3)[C@@H]2[C@@H](C)NC[C@H](C)C[C@@]1(C)OC. The molecule has 0 saturated carbocycles. The molecular formula is C34H51BN6O6. The molecule has 0 aromatic carbocycles. The van der Waals surface area contributed by atoms with Gasteiger partial charge in [-0.25, -0.2) is 9.48 Å². The number of aliphatic hydroxyl groups excluding tert-OH is 1. The lowest BCUT2D eigenvalue weighted by atomic mass is 9.62. The molecule has 13 heteroatoms. The minimum absolute atomic E-state index is 0.124. The van der Waals surface area contributed by atoms with Gasteiger partial charge in [-0.15, -0.1) is 5.10 Å². The Hall–Kier alpha value is -3.13. The molecule has 4 rings (SSSR count). The minimum Gasteiger partial charge on any atom is -0.438 e. The van der Waals surface area contributed by atoms with E-state index in [9.17, 15) is 14.7 Å². The number of Topliss-reactive ketones (excluding diaryl/α,β-unsaturated/α-hetero) is 1. The maximum atomic E-state index is 13.6. The topological polar surface area (TPSA) is 141 Å². The fourth-order valence-corrected chi connectivity index (χ4v) is 7.13. The van der Waals surface area contributed by atoms with Crippen molar-refractivity contribution in [2.45, 2.75) is 109 Å². The van der Waals surface area contributed by atoms with E-state index in [4.69, 9.17) is 22.1 Å². The zero-order chi connectivity index (χ0) is 34.5. The second-order valence-electron chi connectivity index (χ2n) is 13.6. The van der Waals surface area contributed by atoms with Gasteiger partial charge >= 0.3 is 6.09 Å². The first-order valence-corrected chi connectivity index (χ1v) is 16.6. The second kappa shape index (κ2) is 15.4. The van der Waals surface area contributed by atoms with Crippen LogP contribution in [0.3, 0.4) is 0 Å². The van der Waals surface area contributed by atoms with Gasteiger partial charge in [-0.05, 0) is 64.0 Å². The standard InChI is InChI=1S/C34H51BN6O6/c1-9-27-34(7)30(41(32(44)47-34)17-13-12-16-40-20-26(38-39-40)25-14-10-11-15-36-25)24(5)37-19-21(2)18-33(6,45-8)29(35)22(3)28(42)23(4)31(43)46-27/h10-15,20-24,27,29-31,37,43H,9,16-19H2,1-8H3/b13-12+/t21-,22+,23-,24-,27-,29-,30-,31?,33-,34-/m1/s1. The zero-order valence-corrected chi connectivity index (χ0v) is 29.0. The lowest BCUT2D eigenvalue weighted by Crippen LogP contribution is -2.61. The summed E-state index contributed by atoms with van der Waals surface area (Å²) < 4.78 is 20.0. The number of rotatable bonds is 7. The molecule has 2 saturated heterocycles. The van der Waals surface area contributed by atoms with Crippen LogP contribution >= 0.6 is 0 Å². The summed E-state index contributed by atoms with van der Waals surface area (Å²) in [5, 5.41) is 23.3. The van der Waals surface area contributed by atoms with Crippen molar-refractivity contribution in [1.82, 2.24) is 30.2 Å². The molecule has 10 atom stereocenters. The molecule has 2 aliphatic heterocycles. The normalized spacial score (nSPS) is 36.1. The highest BCUT2D eigenvalue weighted by atomic mass is 16.6. The van der Waals surface area contributed by atoms with Gasteiger partial charge in [-0.1, -0.05) is 51.1 Å². The van der Waals surface area contributed by atoms with Crippen molar-refractivity contribution in [1.29, 1.82) is 0 Å². The van der Waals surface area contributed by atoms with Gasteiger partial charge in [0.15, 0.2) is 11.9 Å². The minimum atomic E-state index is -1.42. The molecule has 0 aliphatic carbocycles. The monoisotopic (exact) mass is 650 g/mol. The third-order valence-corrected chi connectivity index (χ3v) is 10.1. The Morgan fingerprint density at radius 2 is 1.85 bits per heavy atom. The maximum Gasteiger partial charge on any atom is 0.411 e. The summed E-state index contributed by atoms with van der Waals surface area (Å²) in [5.41, 5.74) is -0.500. The Morgan fingerprint density at radius 1 is 1.13 bits per heavy atom. The number of carbonyl (C=O) groups is 2. The third kappa shape index (κ3) is 7.96. The Bertz CT molecular complexity index is 1380. The molecule has 47 heavy (non-hydrogen) atoms. The molecule has 2 radical (unpaired) electrons. The highest BCUT2D eigenvalue weighted by molar-refractivity contribution is 6.14. The average molecular weight is 651 g/mol. The van der Waals surface area contributed by atoms with E-state index in [1.54, 1.807) is 36.7 Å². The van der Waals surface area contributed by atoms with Gasteiger partial charge in [0, 0.05) is 31.8 Å². The molecule has 1 unspecified atom stereocenters. The van der Waals surface area contributed by atoms with Crippen molar-refractivity contribution in [3.8, 4) is 11.4 Å². The molecule has 0 bridgehead atoms. The quantitative estimate of drug-likeness (QED) is 0.336. The van der Waals surface area contributed by atoms with Crippen molar-refractivity contribution >= 4 is 19.7 Å². The van der Waals surface area contributed by atoms with E-state index in [0.717, 1.165) is 5.69 Å². The lowest BCUT2D eigenvalue weighted by molar-refractivity contribution is -0.210. The van der Waals surface area contributed by atoms with Crippen LogP contribution in [0.15, 0.2) is 42.7 Å². The van der Waals surface area contributed by atoms with E-state index >= 15 is 0 Å². The van der Waals surface area contributed by atoms with Crippen molar-refractivity contribution < 1.29 is 28.9 Å². The van der Waals surface area contributed by atoms with Gasteiger partial charge in [0.05, 0.1) is 43.8 Å². The number of nitrogens with one attached hydrogen (secondary N) is 1. The maximum absolute atomic E-state index is 13.6. The van der Waals surface area contributed by atoms with E-state index in [1.165, 1.54) is 0 Å². The summed E-state index contributed by atoms with van der Waals surface area (Å²) in [6.45, 7) is 14.6. The Morgan fingerprint density at radius 3 is 2.51 bits per heavy atom. The zero-order valence-electron chi connectivity index (χ0n) is 29.0.